The molecule has 1 unspecified atom stereocenters. The van der Waals surface area contributed by atoms with Gasteiger partial charge in [0.25, 0.3) is 5.69 Å². The van der Waals surface area contributed by atoms with E-state index >= 15 is 0 Å². The van der Waals surface area contributed by atoms with Crippen LogP contribution < -0.4 is 0 Å². The number of nitro groups is 1. The van der Waals surface area contributed by atoms with E-state index in [1.54, 1.807) is 30.1 Å². The molecule has 1 atom stereocenters. The molecule has 1 aromatic carbocycles. The monoisotopic (exact) mass is 444 g/mol. The average molecular weight is 445 g/mol. The summed E-state index contributed by atoms with van der Waals surface area (Å²) >= 11 is 6.21. The number of halogens is 1. The van der Waals surface area contributed by atoms with Gasteiger partial charge in [0, 0.05) is 43.4 Å². The van der Waals surface area contributed by atoms with Crippen LogP contribution in [0.2, 0.25) is 5.02 Å². The topological polar surface area (TPSA) is 115 Å². The van der Waals surface area contributed by atoms with Gasteiger partial charge in [0.05, 0.1) is 22.2 Å². The second kappa shape index (κ2) is 8.52. The number of aryl methyl sites for hydroxylation is 1. The van der Waals surface area contributed by atoms with Crippen LogP contribution >= 0.6 is 11.6 Å². The SMILES string of the molecule is Cn1cc(C(=O)O)c(C2CCCN(Cc3ccc(-c4ccc([N+](=O)[O-])cc4Cl)o3)C2)n1. The van der Waals surface area contributed by atoms with Gasteiger partial charge in [-0.1, -0.05) is 11.6 Å². The highest BCUT2D eigenvalue weighted by Crippen LogP contribution is 2.33. The van der Waals surface area contributed by atoms with Crippen molar-refractivity contribution in [2.75, 3.05) is 13.1 Å². The molecule has 2 aromatic heterocycles. The Kier molecular flexibility index (Phi) is 5.79. The molecule has 0 amide bonds. The number of aromatic carboxylic acids is 1. The summed E-state index contributed by atoms with van der Waals surface area (Å²) in [6.07, 6.45) is 3.36. The maximum atomic E-state index is 11.5. The number of non-ortho nitro benzene ring substituents is 1. The summed E-state index contributed by atoms with van der Waals surface area (Å²) in [4.78, 5) is 24.2. The van der Waals surface area contributed by atoms with Crippen LogP contribution in [0.1, 0.15) is 40.6 Å². The van der Waals surface area contributed by atoms with E-state index < -0.39 is 10.9 Å². The van der Waals surface area contributed by atoms with Crippen LogP contribution in [-0.2, 0) is 13.6 Å². The summed E-state index contributed by atoms with van der Waals surface area (Å²) in [5.74, 6) is 0.362. The van der Waals surface area contributed by atoms with E-state index in [4.69, 9.17) is 16.0 Å². The number of aromatic nitrogens is 2. The highest BCUT2D eigenvalue weighted by Gasteiger charge is 2.28. The summed E-state index contributed by atoms with van der Waals surface area (Å²) in [5, 5.41) is 25.0. The molecule has 3 heterocycles. The first-order valence-corrected chi connectivity index (χ1v) is 10.2. The van der Waals surface area contributed by atoms with Crippen molar-refractivity contribution in [1.29, 1.82) is 0 Å². The predicted octanol–water partition coefficient (Wildman–Crippen LogP) is 4.32. The van der Waals surface area contributed by atoms with Crippen molar-refractivity contribution >= 4 is 23.3 Å². The fourth-order valence-corrected chi connectivity index (χ4v) is 4.31. The van der Waals surface area contributed by atoms with Gasteiger partial charge in [0.15, 0.2) is 0 Å². The first-order chi connectivity index (χ1) is 14.8. The first-order valence-electron chi connectivity index (χ1n) is 9.84. The van der Waals surface area contributed by atoms with E-state index in [9.17, 15) is 20.0 Å². The molecule has 0 bridgehead atoms. The summed E-state index contributed by atoms with van der Waals surface area (Å²) < 4.78 is 7.50. The lowest BCUT2D eigenvalue weighted by molar-refractivity contribution is -0.384. The summed E-state index contributed by atoms with van der Waals surface area (Å²) in [7, 11) is 1.73. The van der Waals surface area contributed by atoms with Crippen molar-refractivity contribution in [2.45, 2.75) is 25.3 Å². The Morgan fingerprint density at radius 1 is 1.39 bits per heavy atom. The fraction of sp³-hybridized carbons (Fsp3) is 0.333. The molecule has 1 fully saturated rings. The third kappa shape index (κ3) is 4.47. The third-order valence-corrected chi connectivity index (χ3v) is 5.76. The summed E-state index contributed by atoms with van der Waals surface area (Å²) in [6.45, 7) is 2.13. The maximum absolute atomic E-state index is 11.5. The van der Waals surface area contributed by atoms with Crippen molar-refractivity contribution in [3.63, 3.8) is 0 Å². The molecule has 162 valence electrons. The highest BCUT2D eigenvalue weighted by molar-refractivity contribution is 6.33. The number of nitrogens with zero attached hydrogens (tertiary/aromatic N) is 4. The van der Waals surface area contributed by atoms with Crippen LogP contribution in [0.5, 0.6) is 0 Å². The van der Waals surface area contributed by atoms with Crippen LogP contribution in [-0.4, -0.2) is 43.8 Å². The number of benzene rings is 1. The highest BCUT2D eigenvalue weighted by atomic mass is 35.5. The molecule has 0 radical (unpaired) electrons. The molecule has 1 aliphatic rings. The van der Waals surface area contributed by atoms with E-state index in [1.165, 1.54) is 12.1 Å². The lowest BCUT2D eigenvalue weighted by atomic mass is 9.92. The van der Waals surface area contributed by atoms with E-state index in [0.717, 1.165) is 25.1 Å². The van der Waals surface area contributed by atoms with Gasteiger partial charge >= 0.3 is 5.97 Å². The largest absolute Gasteiger partial charge is 0.478 e. The zero-order valence-corrected chi connectivity index (χ0v) is 17.6. The zero-order valence-electron chi connectivity index (χ0n) is 16.8. The van der Waals surface area contributed by atoms with Crippen molar-refractivity contribution in [3.05, 3.63) is 68.7 Å². The van der Waals surface area contributed by atoms with E-state index in [2.05, 4.69) is 10.00 Å². The van der Waals surface area contributed by atoms with Crippen LogP contribution in [0, 0.1) is 10.1 Å². The molecule has 0 spiro atoms. The van der Waals surface area contributed by atoms with Crippen molar-refractivity contribution < 1.29 is 19.2 Å². The van der Waals surface area contributed by atoms with Gasteiger partial charge in [-0.2, -0.15) is 5.10 Å². The van der Waals surface area contributed by atoms with Gasteiger partial charge in [-0.25, -0.2) is 4.79 Å². The van der Waals surface area contributed by atoms with Gasteiger partial charge in [0.2, 0.25) is 0 Å². The van der Waals surface area contributed by atoms with Crippen LogP contribution in [0.3, 0.4) is 0 Å². The smallest absolute Gasteiger partial charge is 0.339 e. The lowest BCUT2D eigenvalue weighted by Gasteiger charge is -2.31. The third-order valence-electron chi connectivity index (χ3n) is 5.45. The second-order valence-electron chi connectivity index (χ2n) is 7.67. The molecule has 9 nitrogen and oxygen atoms in total. The predicted molar refractivity (Wildman–Crippen MR) is 113 cm³/mol. The van der Waals surface area contributed by atoms with Gasteiger partial charge < -0.3 is 9.52 Å². The Morgan fingerprint density at radius 3 is 2.90 bits per heavy atom. The van der Waals surface area contributed by atoms with E-state index in [1.807, 2.05) is 6.07 Å². The number of likely N-dealkylation sites (tertiary alicyclic amines) is 1. The van der Waals surface area contributed by atoms with Crippen LogP contribution in [0.25, 0.3) is 11.3 Å². The Hall–Kier alpha value is -3.17. The van der Waals surface area contributed by atoms with Crippen LogP contribution in [0.4, 0.5) is 5.69 Å². The van der Waals surface area contributed by atoms with Gasteiger partial charge in [-0.15, -0.1) is 0 Å². The molecule has 10 heteroatoms. The lowest BCUT2D eigenvalue weighted by Crippen LogP contribution is -2.34. The summed E-state index contributed by atoms with van der Waals surface area (Å²) in [6, 6.07) is 7.94. The van der Waals surface area contributed by atoms with Gasteiger partial charge in [0.1, 0.15) is 17.1 Å². The normalized spacial score (nSPS) is 17.0. The molecule has 31 heavy (non-hydrogen) atoms. The summed E-state index contributed by atoms with van der Waals surface area (Å²) in [5.41, 5.74) is 1.39. The Labute approximate surface area is 183 Å². The number of hydrogen-bond donors (Lipinski definition) is 1. The number of carboxylic acids is 1. The number of rotatable bonds is 6. The number of carbonyl (C=O) groups is 1. The molecule has 1 aliphatic heterocycles. The van der Waals surface area contributed by atoms with Crippen molar-refractivity contribution in [3.8, 4) is 11.3 Å². The molecular formula is C21H21ClN4O5. The van der Waals surface area contributed by atoms with Gasteiger partial charge in [-0.05, 0) is 37.6 Å². The molecule has 3 aromatic rings. The average Bonchev–Trinajstić information content (AvgIpc) is 3.34. The minimum absolute atomic E-state index is 0.0413. The first kappa shape index (κ1) is 21.1. The van der Waals surface area contributed by atoms with E-state index in [-0.39, 0.29) is 22.2 Å². The quantitative estimate of drug-likeness (QED) is 0.444. The molecular weight excluding hydrogens is 424 g/mol. The molecule has 1 saturated heterocycles. The molecule has 0 saturated carbocycles. The van der Waals surface area contributed by atoms with Crippen molar-refractivity contribution in [2.24, 2.45) is 7.05 Å². The fourth-order valence-electron chi connectivity index (χ4n) is 4.04. The van der Waals surface area contributed by atoms with Crippen LogP contribution in [0.15, 0.2) is 40.9 Å². The minimum Gasteiger partial charge on any atom is -0.478 e. The number of furan rings is 1. The zero-order chi connectivity index (χ0) is 22.1. The number of carboxylic acid groups (broad SMARTS) is 1. The Morgan fingerprint density at radius 2 is 2.19 bits per heavy atom. The minimum atomic E-state index is -0.962. The maximum Gasteiger partial charge on any atom is 0.339 e. The van der Waals surface area contributed by atoms with Gasteiger partial charge in [-0.3, -0.25) is 19.7 Å². The number of hydrogen-bond acceptors (Lipinski definition) is 6. The second-order valence-corrected chi connectivity index (χ2v) is 8.08. The Bertz CT molecular complexity index is 1140. The Balaban J connectivity index is 1.48. The van der Waals surface area contributed by atoms with E-state index in [0.29, 0.717) is 30.1 Å². The number of piperidine rings is 1. The molecule has 0 aliphatic carbocycles. The molecule has 4 rings (SSSR count). The number of nitro benzene ring substituents is 1. The van der Waals surface area contributed by atoms with Crippen molar-refractivity contribution in [1.82, 2.24) is 14.7 Å². The molecule has 1 N–H and O–H groups in total. The standard InChI is InChI=1S/C21H21ClN4O5/c1-24-12-17(21(27)28)20(23-24)13-3-2-8-25(10-13)11-15-5-7-19(31-15)16-6-4-14(26(29)30)9-18(16)22/h4-7,9,12-13H,2-3,8,10-11H2,1H3,(H,27,28).